The fourth-order valence-corrected chi connectivity index (χ4v) is 3.27. The van der Waals surface area contributed by atoms with Crippen molar-refractivity contribution in [2.45, 2.75) is 45.1 Å². The van der Waals surface area contributed by atoms with E-state index in [1.165, 1.54) is 16.7 Å². The fourth-order valence-electron chi connectivity index (χ4n) is 3.27. The first-order chi connectivity index (χ1) is 13.9. The third-order valence-electron chi connectivity index (χ3n) is 4.51. The van der Waals surface area contributed by atoms with Gasteiger partial charge in [0.2, 0.25) is 0 Å². The maximum absolute atomic E-state index is 14.5. The van der Waals surface area contributed by atoms with Gasteiger partial charge in [-0.3, -0.25) is 14.4 Å². The third-order valence-corrected chi connectivity index (χ3v) is 4.51. The zero-order chi connectivity index (χ0) is 21.0. The molecule has 2 atom stereocenters. The van der Waals surface area contributed by atoms with Crippen LogP contribution in [0.3, 0.4) is 0 Å². The number of alkyl halides is 2. The Morgan fingerprint density at radius 1 is 1.34 bits per heavy atom. The highest BCUT2D eigenvalue weighted by Gasteiger charge is 2.23. The Hall–Kier alpha value is -2.68. The van der Waals surface area contributed by atoms with E-state index in [9.17, 15) is 18.0 Å². The normalized spacial score (nSPS) is 23.5. The summed E-state index contributed by atoms with van der Waals surface area (Å²) in [6.07, 6.45) is 0.912. The van der Waals surface area contributed by atoms with Crippen LogP contribution in [0.5, 0.6) is 0 Å². The lowest BCUT2D eigenvalue weighted by molar-refractivity contribution is 0.191. The van der Waals surface area contributed by atoms with Crippen LogP contribution in [0.1, 0.15) is 30.8 Å². The topological polar surface area (TPSA) is 76.7 Å². The Balaban J connectivity index is 1.88. The minimum atomic E-state index is -1.48. The van der Waals surface area contributed by atoms with E-state index >= 15 is 0 Å². The number of nitrogens with zero attached hydrogens (tertiary/aromatic N) is 3. The van der Waals surface area contributed by atoms with Gasteiger partial charge in [0.05, 0.1) is 18.9 Å². The van der Waals surface area contributed by atoms with Gasteiger partial charge < -0.3 is 9.84 Å². The Morgan fingerprint density at radius 2 is 2.14 bits per heavy atom. The van der Waals surface area contributed by atoms with E-state index in [0.29, 0.717) is 29.9 Å². The van der Waals surface area contributed by atoms with Gasteiger partial charge in [0.15, 0.2) is 12.0 Å². The second-order valence-corrected chi connectivity index (χ2v) is 6.81. The molecule has 1 aromatic rings. The molecule has 2 unspecified atom stereocenters. The lowest BCUT2D eigenvalue weighted by atomic mass is 10.00. The summed E-state index contributed by atoms with van der Waals surface area (Å²) < 4.78 is 48.1. The minimum Gasteiger partial charge on any atom is -0.486 e. The molecule has 0 fully saturated rings. The summed E-state index contributed by atoms with van der Waals surface area (Å²) in [5.74, 6) is -0.405. The van der Waals surface area contributed by atoms with Gasteiger partial charge >= 0.3 is 0 Å². The van der Waals surface area contributed by atoms with Gasteiger partial charge in [0.1, 0.15) is 24.4 Å². The highest BCUT2D eigenvalue weighted by atomic mass is 19.1. The summed E-state index contributed by atoms with van der Waals surface area (Å²) in [7, 11) is 0. The number of ether oxygens (including phenoxy) is 1. The van der Waals surface area contributed by atoms with Crippen molar-refractivity contribution in [3.05, 3.63) is 57.8 Å². The first-order valence-corrected chi connectivity index (χ1v) is 9.31. The van der Waals surface area contributed by atoms with Crippen molar-refractivity contribution < 1.29 is 23.0 Å². The van der Waals surface area contributed by atoms with Crippen molar-refractivity contribution >= 4 is 11.4 Å². The van der Waals surface area contributed by atoms with E-state index in [1.807, 2.05) is 0 Å². The number of aromatic nitrogens is 2. The molecule has 1 heterocycles. The number of hydrogen-bond acceptors (Lipinski definition) is 5. The molecule has 9 heteroatoms. The van der Waals surface area contributed by atoms with Gasteiger partial charge in [0, 0.05) is 30.0 Å². The smallest absolute Gasteiger partial charge is 0.258 e. The van der Waals surface area contributed by atoms with Crippen LogP contribution >= 0.6 is 0 Å². The summed E-state index contributed by atoms with van der Waals surface area (Å²) >= 11 is 0. The molecule has 1 aromatic heterocycles. The molecule has 0 saturated carbocycles. The SMILES string of the molecule is Cc1cc(=O)n(C2=CC(F)C(=NCCO)CC2)c(COC2=CC(F)CC(F)=C2)n1. The molecule has 1 N–H and O–H groups in total. The number of rotatable bonds is 6. The van der Waals surface area contributed by atoms with E-state index in [1.54, 1.807) is 6.92 Å². The molecule has 0 spiro atoms. The van der Waals surface area contributed by atoms with Crippen LogP contribution in [0, 0.1) is 6.92 Å². The van der Waals surface area contributed by atoms with Crippen LogP contribution in [-0.4, -0.2) is 45.9 Å². The van der Waals surface area contributed by atoms with E-state index in [4.69, 9.17) is 9.84 Å². The van der Waals surface area contributed by atoms with Crippen molar-refractivity contribution in [3.8, 4) is 0 Å². The van der Waals surface area contributed by atoms with Gasteiger partial charge in [-0.1, -0.05) is 0 Å². The van der Waals surface area contributed by atoms with Crippen LogP contribution < -0.4 is 5.56 Å². The van der Waals surface area contributed by atoms with Crippen molar-refractivity contribution in [1.29, 1.82) is 0 Å². The van der Waals surface area contributed by atoms with Crippen LogP contribution in [0.2, 0.25) is 0 Å². The first-order valence-electron chi connectivity index (χ1n) is 9.31. The van der Waals surface area contributed by atoms with Crippen LogP contribution in [0.4, 0.5) is 13.2 Å². The number of hydrogen-bond donors (Lipinski definition) is 1. The van der Waals surface area contributed by atoms with Crippen LogP contribution in [-0.2, 0) is 11.3 Å². The molecule has 0 radical (unpaired) electrons. The molecule has 0 amide bonds. The predicted molar refractivity (Wildman–Crippen MR) is 103 cm³/mol. The zero-order valence-corrected chi connectivity index (χ0v) is 15.9. The lowest BCUT2D eigenvalue weighted by Crippen LogP contribution is -2.29. The van der Waals surface area contributed by atoms with Gasteiger partial charge in [0.25, 0.3) is 5.56 Å². The lowest BCUT2D eigenvalue weighted by Gasteiger charge is -2.22. The van der Waals surface area contributed by atoms with Crippen molar-refractivity contribution in [3.63, 3.8) is 0 Å². The number of aliphatic hydroxyl groups is 1. The summed E-state index contributed by atoms with van der Waals surface area (Å²) in [5, 5.41) is 8.84. The molecule has 2 aliphatic rings. The fraction of sp³-hybridized carbons (Fsp3) is 0.450. The maximum Gasteiger partial charge on any atom is 0.258 e. The molecule has 0 aromatic carbocycles. The van der Waals surface area contributed by atoms with Crippen molar-refractivity contribution in [2.24, 2.45) is 4.99 Å². The second kappa shape index (κ2) is 9.21. The maximum atomic E-state index is 14.5. The Labute approximate surface area is 165 Å². The summed E-state index contributed by atoms with van der Waals surface area (Å²) in [5.41, 5.74) is 0.786. The van der Waals surface area contributed by atoms with E-state index in [2.05, 4.69) is 9.98 Å². The zero-order valence-electron chi connectivity index (χ0n) is 15.9. The number of allylic oxidation sites excluding steroid dienone is 5. The summed E-state index contributed by atoms with van der Waals surface area (Å²) in [6.45, 7) is 1.39. The molecule has 2 aliphatic carbocycles. The largest absolute Gasteiger partial charge is 0.486 e. The van der Waals surface area contributed by atoms with E-state index in [0.717, 1.165) is 12.2 Å². The molecule has 0 saturated heterocycles. The molecule has 3 rings (SSSR count). The molecule has 6 nitrogen and oxygen atoms in total. The van der Waals surface area contributed by atoms with E-state index in [-0.39, 0.29) is 37.8 Å². The van der Waals surface area contributed by atoms with Crippen LogP contribution in [0.15, 0.2) is 45.7 Å². The Kier molecular flexibility index (Phi) is 6.68. The highest BCUT2D eigenvalue weighted by Crippen LogP contribution is 2.25. The van der Waals surface area contributed by atoms with Gasteiger partial charge in [-0.05, 0) is 31.9 Å². The first kappa shape index (κ1) is 21.0. The van der Waals surface area contributed by atoms with Gasteiger partial charge in [-0.25, -0.2) is 18.2 Å². The number of aliphatic imine (C=N–C) groups is 1. The van der Waals surface area contributed by atoms with Gasteiger partial charge in [-0.2, -0.15) is 0 Å². The summed E-state index contributed by atoms with van der Waals surface area (Å²) in [4.78, 5) is 20.9. The number of aryl methyl sites for hydroxylation is 1. The van der Waals surface area contributed by atoms with Crippen molar-refractivity contribution in [2.75, 3.05) is 13.2 Å². The number of halogens is 3. The second-order valence-electron chi connectivity index (χ2n) is 6.81. The molecular weight excluding hydrogens is 387 g/mol. The predicted octanol–water partition coefficient (Wildman–Crippen LogP) is 2.95. The van der Waals surface area contributed by atoms with Gasteiger partial charge in [-0.15, -0.1) is 0 Å². The molecule has 0 aliphatic heterocycles. The monoisotopic (exact) mass is 409 g/mol. The molecular formula is C20H22F3N3O3. The standard InChI is InChI=1S/C20H22F3N3O3/c1-12-6-20(28)26(15-2-3-18(17(23)10-15)24-4-5-27)19(25-12)11-29-16-8-13(21)7-14(22)9-16/h6,8-10,13,17,27H,2-5,7,11H2,1H3. The molecule has 156 valence electrons. The molecule has 29 heavy (non-hydrogen) atoms. The molecule has 0 bridgehead atoms. The summed E-state index contributed by atoms with van der Waals surface area (Å²) in [6, 6.07) is 1.32. The Morgan fingerprint density at radius 3 is 2.83 bits per heavy atom. The van der Waals surface area contributed by atoms with E-state index < -0.39 is 23.7 Å². The average Bonchev–Trinajstić information content (AvgIpc) is 2.64. The quantitative estimate of drug-likeness (QED) is 0.784. The number of aliphatic hydroxyl groups excluding tert-OH is 1. The highest BCUT2D eigenvalue weighted by molar-refractivity contribution is 5.93. The third kappa shape index (κ3) is 5.23. The minimum absolute atomic E-state index is 0.0166. The Bertz CT molecular complexity index is 950. The van der Waals surface area contributed by atoms with Crippen molar-refractivity contribution in [1.82, 2.24) is 9.55 Å². The van der Waals surface area contributed by atoms with Crippen LogP contribution in [0.25, 0.3) is 5.70 Å². The average molecular weight is 409 g/mol.